The molecule has 1 amide bonds. The second-order valence-electron chi connectivity index (χ2n) is 7.45. The number of morpholine rings is 1. The zero-order valence-corrected chi connectivity index (χ0v) is 15.4. The monoisotopic (exact) mass is 357 g/mol. The fourth-order valence-corrected chi connectivity index (χ4v) is 4.03. The highest BCUT2D eigenvalue weighted by Gasteiger charge is 2.36. The molecular weight excluding hydrogens is 330 g/mol. The SMILES string of the molecule is CC1=CC2(CCN(C(=O)c3ccc(N4CCOCC4)nc3)CC2)OCC1. The van der Waals surface area contributed by atoms with Crippen molar-refractivity contribution in [1.82, 2.24) is 9.88 Å². The van der Waals surface area contributed by atoms with Crippen LogP contribution in [0.4, 0.5) is 5.82 Å². The molecule has 0 unspecified atom stereocenters. The number of aromatic nitrogens is 1. The van der Waals surface area contributed by atoms with Crippen LogP contribution in [-0.4, -0.2) is 67.4 Å². The zero-order chi connectivity index (χ0) is 18.0. The highest BCUT2D eigenvalue weighted by Crippen LogP contribution is 2.33. The molecule has 0 aliphatic carbocycles. The van der Waals surface area contributed by atoms with Crippen LogP contribution in [0.3, 0.4) is 0 Å². The van der Waals surface area contributed by atoms with E-state index in [9.17, 15) is 4.79 Å². The van der Waals surface area contributed by atoms with E-state index in [0.717, 1.165) is 71.1 Å². The van der Waals surface area contributed by atoms with E-state index < -0.39 is 0 Å². The smallest absolute Gasteiger partial charge is 0.255 e. The molecule has 0 saturated carbocycles. The Morgan fingerprint density at radius 2 is 1.88 bits per heavy atom. The molecule has 1 aromatic heterocycles. The van der Waals surface area contributed by atoms with Gasteiger partial charge in [-0.25, -0.2) is 4.98 Å². The minimum Gasteiger partial charge on any atom is -0.378 e. The van der Waals surface area contributed by atoms with Crippen LogP contribution in [0, 0.1) is 0 Å². The first kappa shape index (κ1) is 17.5. The maximum Gasteiger partial charge on any atom is 0.255 e. The fraction of sp³-hybridized carbons (Fsp3) is 0.600. The van der Waals surface area contributed by atoms with Crippen LogP contribution in [0.25, 0.3) is 0 Å². The lowest BCUT2D eigenvalue weighted by Gasteiger charge is -2.42. The van der Waals surface area contributed by atoms with Crippen molar-refractivity contribution >= 4 is 11.7 Å². The van der Waals surface area contributed by atoms with Gasteiger partial charge in [-0.2, -0.15) is 0 Å². The molecule has 1 aromatic rings. The normalized spacial score (nSPS) is 23.0. The molecular formula is C20H27N3O3. The summed E-state index contributed by atoms with van der Waals surface area (Å²) in [6, 6.07) is 3.84. The first-order chi connectivity index (χ1) is 12.7. The van der Waals surface area contributed by atoms with Gasteiger partial charge in [0.25, 0.3) is 5.91 Å². The van der Waals surface area contributed by atoms with Gasteiger partial charge in [0.2, 0.25) is 0 Å². The van der Waals surface area contributed by atoms with Gasteiger partial charge in [0.1, 0.15) is 5.82 Å². The predicted octanol–water partition coefficient (Wildman–Crippen LogP) is 2.26. The van der Waals surface area contributed by atoms with Crippen LogP contribution in [-0.2, 0) is 9.47 Å². The first-order valence-corrected chi connectivity index (χ1v) is 9.56. The lowest BCUT2D eigenvalue weighted by Crippen LogP contribution is -2.48. The van der Waals surface area contributed by atoms with E-state index >= 15 is 0 Å². The molecule has 4 rings (SSSR count). The number of likely N-dealkylation sites (tertiary alicyclic amines) is 1. The first-order valence-electron chi connectivity index (χ1n) is 9.56. The fourth-order valence-electron chi connectivity index (χ4n) is 4.03. The van der Waals surface area contributed by atoms with E-state index in [-0.39, 0.29) is 11.5 Å². The summed E-state index contributed by atoms with van der Waals surface area (Å²) < 4.78 is 11.4. The topological polar surface area (TPSA) is 54.9 Å². The van der Waals surface area contributed by atoms with Gasteiger partial charge in [-0.3, -0.25) is 4.79 Å². The third kappa shape index (κ3) is 3.62. The summed E-state index contributed by atoms with van der Waals surface area (Å²) in [5.74, 6) is 0.982. The number of carbonyl (C=O) groups excluding carboxylic acids is 1. The number of amides is 1. The van der Waals surface area contributed by atoms with Gasteiger partial charge >= 0.3 is 0 Å². The van der Waals surface area contributed by atoms with Crippen molar-refractivity contribution in [3.63, 3.8) is 0 Å². The van der Waals surface area contributed by atoms with Crippen molar-refractivity contribution in [1.29, 1.82) is 0 Å². The average Bonchev–Trinajstić information content (AvgIpc) is 2.69. The van der Waals surface area contributed by atoms with Crippen LogP contribution in [0.5, 0.6) is 0 Å². The second kappa shape index (κ2) is 7.37. The minimum absolute atomic E-state index is 0.0670. The van der Waals surface area contributed by atoms with Crippen molar-refractivity contribution < 1.29 is 14.3 Å². The average molecular weight is 357 g/mol. The third-order valence-corrected chi connectivity index (χ3v) is 5.62. The van der Waals surface area contributed by atoms with Gasteiger partial charge in [-0.1, -0.05) is 11.6 Å². The number of piperidine rings is 1. The molecule has 4 heterocycles. The molecule has 3 aliphatic rings. The third-order valence-electron chi connectivity index (χ3n) is 5.62. The Morgan fingerprint density at radius 1 is 1.12 bits per heavy atom. The Balaban J connectivity index is 1.38. The molecule has 6 heteroatoms. The molecule has 1 spiro atoms. The summed E-state index contributed by atoms with van der Waals surface area (Å²) in [5.41, 5.74) is 1.91. The number of anilines is 1. The Kier molecular flexibility index (Phi) is 4.96. The van der Waals surface area contributed by atoms with Gasteiger partial charge < -0.3 is 19.3 Å². The lowest BCUT2D eigenvalue weighted by molar-refractivity contribution is -0.0522. The number of hydrogen-bond donors (Lipinski definition) is 0. The minimum atomic E-state index is -0.155. The summed E-state index contributed by atoms with van der Waals surface area (Å²) in [5, 5.41) is 0. The summed E-state index contributed by atoms with van der Waals surface area (Å²) >= 11 is 0. The molecule has 6 nitrogen and oxygen atoms in total. The Labute approximate surface area is 154 Å². The highest BCUT2D eigenvalue weighted by molar-refractivity contribution is 5.94. The molecule has 0 aromatic carbocycles. The number of rotatable bonds is 2. The highest BCUT2D eigenvalue weighted by atomic mass is 16.5. The molecule has 0 N–H and O–H groups in total. The standard InChI is InChI=1S/C20H27N3O3/c1-16-4-11-26-20(14-16)5-7-23(8-6-20)19(24)17-2-3-18(21-15-17)22-9-12-25-13-10-22/h2-3,14-15H,4-13H2,1H3. The molecule has 3 aliphatic heterocycles. The molecule has 2 fully saturated rings. The lowest BCUT2D eigenvalue weighted by atomic mass is 9.87. The maximum absolute atomic E-state index is 12.8. The van der Waals surface area contributed by atoms with Crippen molar-refractivity contribution in [2.45, 2.75) is 31.8 Å². The Morgan fingerprint density at radius 3 is 2.54 bits per heavy atom. The molecule has 140 valence electrons. The van der Waals surface area contributed by atoms with Crippen LogP contribution < -0.4 is 4.90 Å². The van der Waals surface area contributed by atoms with E-state index in [2.05, 4.69) is 22.9 Å². The van der Waals surface area contributed by atoms with Crippen LogP contribution in [0.15, 0.2) is 30.0 Å². The van der Waals surface area contributed by atoms with Crippen LogP contribution in [0.1, 0.15) is 36.5 Å². The molecule has 0 radical (unpaired) electrons. The predicted molar refractivity (Wildman–Crippen MR) is 99.5 cm³/mol. The summed E-state index contributed by atoms with van der Waals surface area (Å²) in [6.07, 6.45) is 6.74. The van der Waals surface area contributed by atoms with Gasteiger partial charge in [-0.05, 0) is 38.3 Å². The largest absolute Gasteiger partial charge is 0.378 e. The maximum atomic E-state index is 12.8. The van der Waals surface area contributed by atoms with Crippen molar-refractivity contribution in [3.05, 3.63) is 35.5 Å². The van der Waals surface area contributed by atoms with Crippen molar-refractivity contribution in [2.24, 2.45) is 0 Å². The molecule has 0 bridgehead atoms. The Bertz CT molecular complexity index is 672. The molecule has 26 heavy (non-hydrogen) atoms. The van der Waals surface area contributed by atoms with E-state index in [1.165, 1.54) is 5.57 Å². The second-order valence-corrected chi connectivity index (χ2v) is 7.45. The molecule has 2 saturated heterocycles. The van der Waals surface area contributed by atoms with Gasteiger partial charge in [-0.15, -0.1) is 0 Å². The number of carbonyl (C=O) groups is 1. The van der Waals surface area contributed by atoms with E-state index in [4.69, 9.17) is 9.47 Å². The number of pyridine rings is 1. The van der Waals surface area contributed by atoms with Crippen LogP contribution >= 0.6 is 0 Å². The van der Waals surface area contributed by atoms with Crippen molar-refractivity contribution in [2.75, 3.05) is 50.9 Å². The van der Waals surface area contributed by atoms with Gasteiger partial charge in [0.15, 0.2) is 0 Å². The summed E-state index contributed by atoms with van der Waals surface area (Å²) in [6.45, 7) is 7.58. The summed E-state index contributed by atoms with van der Waals surface area (Å²) in [4.78, 5) is 21.4. The Hall–Kier alpha value is -1.92. The van der Waals surface area contributed by atoms with Gasteiger partial charge in [0.05, 0.1) is 31.0 Å². The van der Waals surface area contributed by atoms with Gasteiger partial charge in [0, 0.05) is 32.4 Å². The zero-order valence-electron chi connectivity index (χ0n) is 15.4. The van der Waals surface area contributed by atoms with Crippen LogP contribution in [0.2, 0.25) is 0 Å². The number of hydrogen-bond acceptors (Lipinski definition) is 5. The molecule has 0 atom stereocenters. The van der Waals surface area contributed by atoms with E-state index in [1.54, 1.807) is 6.20 Å². The van der Waals surface area contributed by atoms with E-state index in [1.807, 2.05) is 17.0 Å². The quantitative estimate of drug-likeness (QED) is 0.760. The summed E-state index contributed by atoms with van der Waals surface area (Å²) in [7, 11) is 0. The van der Waals surface area contributed by atoms with E-state index in [0.29, 0.717) is 5.56 Å². The van der Waals surface area contributed by atoms with Crippen molar-refractivity contribution in [3.8, 4) is 0 Å². The number of ether oxygens (including phenoxy) is 2. The number of nitrogens with zero attached hydrogens (tertiary/aromatic N) is 3.